The van der Waals surface area contributed by atoms with Crippen molar-refractivity contribution in [2.24, 2.45) is 0 Å². The SMILES string of the molecule is CC(C)Oc1cccn2c(=O)c(C(=O)O)cnc12. The molecule has 0 fully saturated rings. The molecule has 0 amide bonds. The summed E-state index contributed by atoms with van der Waals surface area (Å²) < 4.78 is 6.68. The van der Waals surface area contributed by atoms with Crippen LogP contribution in [0.4, 0.5) is 0 Å². The lowest BCUT2D eigenvalue weighted by Gasteiger charge is -2.11. The summed E-state index contributed by atoms with van der Waals surface area (Å²) in [6.45, 7) is 3.71. The lowest BCUT2D eigenvalue weighted by atomic mass is 10.3. The first kappa shape index (κ1) is 12.1. The Morgan fingerprint density at radius 1 is 1.50 bits per heavy atom. The van der Waals surface area contributed by atoms with Crippen molar-refractivity contribution < 1.29 is 14.6 Å². The lowest BCUT2D eigenvalue weighted by Crippen LogP contribution is -2.23. The number of ether oxygens (including phenoxy) is 1. The highest BCUT2D eigenvalue weighted by atomic mass is 16.5. The molecule has 2 aromatic rings. The topological polar surface area (TPSA) is 80.9 Å². The van der Waals surface area contributed by atoms with Gasteiger partial charge in [-0.2, -0.15) is 0 Å². The van der Waals surface area contributed by atoms with Crippen LogP contribution in [0.2, 0.25) is 0 Å². The van der Waals surface area contributed by atoms with Crippen molar-refractivity contribution in [3.8, 4) is 5.75 Å². The highest BCUT2D eigenvalue weighted by Gasteiger charge is 2.14. The van der Waals surface area contributed by atoms with Crippen molar-refractivity contribution in [3.63, 3.8) is 0 Å². The van der Waals surface area contributed by atoms with E-state index in [9.17, 15) is 9.59 Å². The van der Waals surface area contributed by atoms with Crippen LogP contribution in [-0.4, -0.2) is 26.6 Å². The maximum Gasteiger partial charge on any atom is 0.342 e. The zero-order valence-corrected chi connectivity index (χ0v) is 9.95. The average Bonchev–Trinajstić information content (AvgIpc) is 2.29. The molecule has 2 aromatic heterocycles. The number of aromatic carboxylic acids is 1. The van der Waals surface area contributed by atoms with Gasteiger partial charge in [0.05, 0.1) is 6.10 Å². The maximum absolute atomic E-state index is 11.9. The molecule has 2 rings (SSSR count). The summed E-state index contributed by atoms with van der Waals surface area (Å²) in [4.78, 5) is 26.7. The summed E-state index contributed by atoms with van der Waals surface area (Å²) in [5.41, 5.74) is -0.683. The van der Waals surface area contributed by atoms with Crippen LogP contribution >= 0.6 is 0 Å². The maximum atomic E-state index is 11.9. The second-order valence-electron chi connectivity index (χ2n) is 4.01. The van der Waals surface area contributed by atoms with Crippen LogP contribution in [0.5, 0.6) is 5.75 Å². The van der Waals surface area contributed by atoms with Crippen LogP contribution in [-0.2, 0) is 0 Å². The van der Waals surface area contributed by atoms with Gasteiger partial charge < -0.3 is 9.84 Å². The van der Waals surface area contributed by atoms with E-state index in [0.717, 1.165) is 6.20 Å². The van der Waals surface area contributed by atoms with Crippen molar-refractivity contribution >= 4 is 11.6 Å². The van der Waals surface area contributed by atoms with Crippen LogP contribution in [0.3, 0.4) is 0 Å². The van der Waals surface area contributed by atoms with Gasteiger partial charge in [0, 0.05) is 12.4 Å². The second-order valence-corrected chi connectivity index (χ2v) is 4.01. The van der Waals surface area contributed by atoms with Gasteiger partial charge in [0.1, 0.15) is 5.56 Å². The molecule has 6 nitrogen and oxygen atoms in total. The third-order valence-corrected chi connectivity index (χ3v) is 2.29. The van der Waals surface area contributed by atoms with Crippen molar-refractivity contribution in [1.82, 2.24) is 9.38 Å². The summed E-state index contributed by atoms with van der Waals surface area (Å²) in [7, 11) is 0. The Morgan fingerprint density at radius 2 is 2.22 bits per heavy atom. The summed E-state index contributed by atoms with van der Waals surface area (Å²) in [5, 5.41) is 8.86. The number of hydrogen-bond donors (Lipinski definition) is 1. The van der Waals surface area contributed by atoms with E-state index in [0.29, 0.717) is 11.4 Å². The molecule has 0 radical (unpaired) electrons. The molecule has 0 bridgehead atoms. The van der Waals surface area contributed by atoms with Gasteiger partial charge in [-0.25, -0.2) is 9.78 Å². The fourth-order valence-corrected chi connectivity index (χ4v) is 1.57. The number of hydrogen-bond acceptors (Lipinski definition) is 4. The van der Waals surface area contributed by atoms with E-state index in [2.05, 4.69) is 4.98 Å². The first-order valence-corrected chi connectivity index (χ1v) is 5.41. The number of nitrogens with zero attached hydrogens (tertiary/aromatic N) is 2. The molecule has 0 saturated heterocycles. The molecule has 94 valence electrons. The smallest absolute Gasteiger partial charge is 0.342 e. The summed E-state index contributed by atoms with van der Waals surface area (Å²) in [6, 6.07) is 3.29. The number of fused-ring (bicyclic) bond motifs is 1. The fraction of sp³-hybridized carbons (Fsp3) is 0.250. The Bertz CT molecular complexity index is 661. The largest absolute Gasteiger partial charge is 0.487 e. The molecule has 6 heteroatoms. The van der Waals surface area contributed by atoms with Crippen molar-refractivity contribution in [3.05, 3.63) is 40.4 Å². The van der Waals surface area contributed by atoms with Gasteiger partial charge in [-0.1, -0.05) is 0 Å². The van der Waals surface area contributed by atoms with E-state index in [1.54, 1.807) is 12.1 Å². The number of pyridine rings is 1. The Hall–Kier alpha value is -2.37. The van der Waals surface area contributed by atoms with E-state index >= 15 is 0 Å². The number of rotatable bonds is 3. The van der Waals surface area contributed by atoms with Gasteiger partial charge in [0.15, 0.2) is 11.4 Å². The highest BCUT2D eigenvalue weighted by Crippen LogP contribution is 2.17. The summed E-state index contributed by atoms with van der Waals surface area (Å²) in [6.07, 6.45) is 2.45. The minimum absolute atomic E-state index is 0.0627. The molecule has 0 aliphatic carbocycles. The molecule has 0 saturated carbocycles. The number of carbonyl (C=O) groups is 1. The van der Waals surface area contributed by atoms with Gasteiger partial charge >= 0.3 is 5.97 Å². The van der Waals surface area contributed by atoms with Gasteiger partial charge in [-0.15, -0.1) is 0 Å². The zero-order valence-electron chi connectivity index (χ0n) is 9.95. The summed E-state index contributed by atoms with van der Waals surface area (Å²) in [5.74, 6) is -0.849. The standard InChI is InChI=1S/C12H12N2O4/c1-7(2)18-9-4-3-5-14-10(9)13-6-8(11(14)15)12(16)17/h3-7H,1-2H3,(H,16,17). The van der Waals surface area contributed by atoms with E-state index in [1.807, 2.05) is 13.8 Å². The molecule has 0 aliphatic heterocycles. The predicted octanol–water partition coefficient (Wildman–Crippen LogP) is 1.18. The van der Waals surface area contributed by atoms with E-state index in [4.69, 9.17) is 9.84 Å². The number of carboxylic acid groups (broad SMARTS) is 1. The van der Waals surface area contributed by atoms with E-state index in [-0.39, 0.29) is 11.7 Å². The number of carboxylic acids is 1. The molecule has 18 heavy (non-hydrogen) atoms. The summed E-state index contributed by atoms with van der Waals surface area (Å²) >= 11 is 0. The molecule has 0 aliphatic rings. The zero-order chi connectivity index (χ0) is 13.3. The average molecular weight is 248 g/mol. The van der Waals surface area contributed by atoms with Gasteiger partial charge in [-0.05, 0) is 26.0 Å². The molecule has 1 N–H and O–H groups in total. The minimum Gasteiger partial charge on any atom is -0.487 e. The van der Waals surface area contributed by atoms with E-state index in [1.165, 1.54) is 10.6 Å². The minimum atomic E-state index is -1.29. The van der Waals surface area contributed by atoms with Crippen molar-refractivity contribution in [2.75, 3.05) is 0 Å². The molecule has 0 unspecified atom stereocenters. The second kappa shape index (κ2) is 4.48. The Kier molecular flexibility index (Phi) is 3.01. The van der Waals surface area contributed by atoms with Crippen molar-refractivity contribution in [1.29, 1.82) is 0 Å². The Labute approximate surface area is 102 Å². The first-order chi connectivity index (χ1) is 8.50. The predicted molar refractivity (Wildman–Crippen MR) is 64.2 cm³/mol. The first-order valence-electron chi connectivity index (χ1n) is 5.41. The lowest BCUT2D eigenvalue weighted by molar-refractivity contribution is 0.0694. The number of aromatic nitrogens is 2. The molecule has 0 spiro atoms. The third kappa shape index (κ3) is 2.04. The quantitative estimate of drug-likeness (QED) is 0.882. The Morgan fingerprint density at radius 3 is 2.83 bits per heavy atom. The molecule has 2 heterocycles. The third-order valence-electron chi connectivity index (χ3n) is 2.29. The van der Waals surface area contributed by atoms with Crippen LogP contribution in [0.25, 0.3) is 5.65 Å². The van der Waals surface area contributed by atoms with Gasteiger partial charge in [0.25, 0.3) is 5.56 Å². The monoisotopic (exact) mass is 248 g/mol. The molecule has 0 aromatic carbocycles. The molecular formula is C12H12N2O4. The normalized spacial score (nSPS) is 10.8. The van der Waals surface area contributed by atoms with Gasteiger partial charge in [0.2, 0.25) is 0 Å². The van der Waals surface area contributed by atoms with Crippen molar-refractivity contribution in [2.45, 2.75) is 20.0 Å². The molecule has 0 atom stereocenters. The highest BCUT2D eigenvalue weighted by molar-refractivity contribution is 5.87. The Balaban J connectivity index is 2.70. The van der Waals surface area contributed by atoms with Crippen LogP contribution in [0, 0.1) is 0 Å². The van der Waals surface area contributed by atoms with Crippen LogP contribution < -0.4 is 10.3 Å². The molecular weight excluding hydrogens is 236 g/mol. The van der Waals surface area contributed by atoms with Gasteiger partial charge in [-0.3, -0.25) is 9.20 Å². The van der Waals surface area contributed by atoms with Crippen LogP contribution in [0.15, 0.2) is 29.3 Å². The van der Waals surface area contributed by atoms with Crippen LogP contribution in [0.1, 0.15) is 24.2 Å². The van der Waals surface area contributed by atoms with E-state index < -0.39 is 11.5 Å². The fourth-order valence-electron chi connectivity index (χ4n) is 1.57.